The third-order valence-corrected chi connectivity index (χ3v) is 3.05. The number of benzene rings is 1. The summed E-state index contributed by atoms with van der Waals surface area (Å²) in [7, 11) is 1.66. The van der Waals surface area contributed by atoms with E-state index in [9.17, 15) is 4.79 Å². The molecule has 2 rings (SSSR count). The van der Waals surface area contributed by atoms with Gasteiger partial charge in [-0.25, -0.2) is 0 Å². The van der Waals surface area contributed by atoms with Crippen LogP contribution in [0.25, 0.3) is 10.9 Å². The van der Waals surface area contributed by atoms with Crippen LogP contribution in [0.2, 0.25) is 0 Å². The summed E-state index contributed by atoms with van der Waals surface area (Å²) >= 11 is 0. The van der Waals surface area contributed by atoms with Crippen molar-refractivity contribution in [2.75, 3.05) is 7.11 Å². The molecule has 0 fully saturated rings. The molecule has 0 spiro atoms. The fraction of sp³-hybridized carbons (Fsp3) is 0.357. The highest BCUT2D eigenvalue weighted by atomic mass is 16.5. The third-order valence-electron chi connectivity index (χ3n) is 3.05. The van der Waals surface area contributed by atoms with Gasteiger partial charge in [0, 0.05) is 23.5 Å². The lowest BCUT2D eigenvalue weighted by molar-refractivity contribution is -0.117. The molecule has 2 aromatic rings. The van der Waals surface area contributed by atoms with E-state index in [1.807, 2.05) is 24.4 Å². The Bertz CT molecular complexity index is 542. The van der Waals surface area contributed by atoms with E-state index in [0.717, 1.165) is 16.7 Å². The first-order chi connectivity index (χ1) is 8.11. The number of H-pyrrole nitrogens is 1. The summed E-state index contributed by atoms with van der Waals surface area (Å²) in [4.78, 5) is 14.4. The predicted molar refractivity (Wildman–Crippen MR) is 68.6 cm³/mol. The number of fused-ring (bicyclic) bond motifs is 1. The Morgan fingerprint density at radius 3 is 2.88 bits per heavy atom. The quantitative estimate of drug-likeness (QED) is 0.877. The first kappa shape index (κ1) is 11.7. The normalized spacial score (nSPS) is 12.6. The van der Waals surface area contributed by atoms with E-state index in [1.54, 1.807) is 14.0 Å². The first-order valence-electron chi connectivity index (χ1n) is 5.76. The summed E-state index contributed by atoms with van der Waals surface area (Å²) < 4.78 is 5.23. The van der Waals surface area contributed by atoms with Crippen molar-refractivity contribution in [3.63, 3.8) is 0 Å². The molecule has 1 N–H and O–H groups in total. The van der Waals surface area contributed by atoms with E-state index in [0.29, 0.717) is 6.42 Å². The molecule has 0 bridgehead atoms. The van der Waals surface area contributed by atoms with Gasteiger partial charge in [-0.1, -0.05) is 6.92 Å². The van der Waals surface area contributed by atoms with Crippen LogP contribution >= 0.6 is 0 Å². The van der Waals surface area contributed by atoms with Crippen LogP contribution in [-0.4, -0.2) is 17.9 Å². The zero-order valence-electron chi connectivity index (χ0n) is 10.4. The minimum Gasteiger partial charge on any atom is -0.497 e. The van der Waals surface area contributed by atoms with E-state index in [-0.39, 0.29) is 11.7 Å². The van der Waals surface area contributed by atoms with Crippen LogP contribution in [0.3, 0.4) is 0 Å². The van der Waals surface area contributed by atoms with Gasteiger partial charge in [-0.2, -0.15) is 0 Å². The van der Waals surface area contributed by atoms with Crippen LogP contribution in [0.1, 0.15) is 31.7 Å². The van der Waals surface area contributed by atoms with E-state index in [1.165, 1.54) is 5.56 Å². The SMILES string of the molecule is COc1ccc2[nH]cc(C(C)CC(C)=O)c2c1. The Morgan fingerprint density at radius 1 is 1.47 bits per heavy atom. The average molecular weight is 231 g/mol. The maximum absolute atomic E-state index is 11.2. The van der Waals surface area contributed by atoms with Crippen LogP contribution in [0.5, 0.6) is 5.75 Å². The number of carbonyl (C=O) groups is 1. The lowest BCUT2D eigenvalue weighted by atomic mass is 9.95. The van der Waals surface area contributed by atoms with Crippen LogP contribution in [0.4, 0.5) is 0 Å². The molecular formula is C14H17NO2. The van der Waals surface area contributed by atoms with Gasteiger partial charge in [0.05, 0.1) is 7.11 Å². The van der Waals surface area contributed by atoms with Crippen LogP contribution < -0.4 is 4.74 Å². The molecule has 0 saturated carbocycles. The van der Waals surface area contributed by atoms with Crippen molar-refractivity contribution in [3.05, 3.63) is 30.0 Å². The zero-order chi connectivity index (χ0) is 12.4. The highest BCUT2D eigenvalue weighted by Gasteiger charge is 2.13. The molecule has 3 nitrogen and oxygen atoms in total. The summed E-state index contributed by atoms with van der Waals surface area (Å²) in [6.45, 7) is 3.70. The molecule has 90 valence electrons. The van der Waals surface area contributed by atoms with E-state index >= 15 is 0 Å². The molecule has 0 aliphatic heterocycles. The number of carbonyl (C=O) groups excluding carboxylic acids is 1. The highest BCUT2D eigenvalue weighted by Crippen LogP contribution is 2.30. The first-order valence-corrected chi connectivity index (χ1v) is 5.76. The van der Waals surface area contributed by atoms with Crippen LogP contribution in [0, 0.1) is 0 Å². The van der Waals surface area contributed by atoms with Crippen molar-refractivity contribution in [1.29, 1.82) is 0 Å². The number of ether oxygens (including phenoxy) is 1. The Balaban J connectivity index is 2.43. The number of hydrogen-bond donors (Lipinski definition) is 1. The lowest BCUT2D eigenvalue weighted by Gasteiger charge is -2.08. The number of aromatic amines is 1. The molecule has 1 aromatic carbocycles. The molecular weight excluding hydrogens is 214 g/mol. The maximum atomic E-state index is 11.2. The molecule has 1 heterocycles. The summed E-state index contributed by atoms with van der Waals surface area (Å²) in [5.41, 5.74) is 2.25. The number of hydrogen-bond acceptors (Lipinski definition) is 2. The monoisotopic (exact) mass is 231 g/mol. The number of Topliss-reactive ketones (excluding diaryl/α,β-unsaturated/α-hetero) is 1. The summed E-state index contributed by atoms with van der Waals surface area (Å²) in [6.07, 6.45) is 2.56. The second-order valence-corrected chi connectivity index (χ2v) is 4.46. The third kappa shape index (κ3) is 2.33. The minimum atomic E-state index is 0.217. The second kappa shape index (κ2) is 4.62. The molecule has 0 radical (unpaired) electrons. The van der Waals surface area contributed by atoms with Crippen LogP contribution in [0.15, 0.2) is 24.4 Å². The number of aromatic nitrogens is 1. The Labute approximate surface area is 101 Å². The van der Waals surface area contributed by atoms with Gasteiger partial charge >= 0.3 is 0 Å². The molecule has 1 atom stereocenters. The van der Waals surface area contributed by atoms with Gasteiger partial charge in [-0.15, -0.1) is 0 Å². The fourth-order valence-electron chi connectivity index (χ4n) is 2.20. The fourth-order valence-corrected chi connectivity index (χ4v) is 2.20. The predicted octanol–water partition coefficient (Wildman–Crippen LogP) is 3.26. The van der Waals surface area contributed by atoms with E-state index in [4.69, 9.17) is 4.74 Å². The maximum Gasteiger partial charge on any atom is 0.130 e. The summed E-state index contributed by atoms with van der Waals surface area (Å²) in [6, 6.07) is 5.94. The van der Waals surface area contributed by atoms with Crippen molar-refractivity contribution >= 4 is 16.7 Å². The standard InChI is InChI=1S/C14H17NO2/c1-9(6-10(2)16)13-8-15-14-5-4-11(17-3)7-12(13)14/h4-5,7-9,15H,6H2,1-3H3. The van der Waals surface area contributed by atoms with Gasteiger partial charge in [0.15, 0.2) is 0 Å². The van der Waals surface area contributed by atoms with E-state index < -0.39 is 0 Å². The number of rotatable bonds is 4. The largest absolute Gasteiger partial charge is 0.497 e. The summed E-state index contributed by atoms with van der Waals surface area (Å²) in [5.74, 6) is 1.29. The van der Waals surface area contributed by atoms with Crippen LogP contribution in [-0.2, 0) is 4.79 Å². The highest BCUT2D eigenvalue weighted by molar-refractivity contribution is 5.86. The number of ketones is 1. The van der Waals surface area contributed by atoms with Gasteiger partial charge in [0.1, 0.15) is 11.5 Å². The number of nitrogens with one attached hydrogen (secondary N) is 1. The molecule has 17 heavy (non-hydrogen) atoms. The zero-order valence-corrected chi connectivity index (χ0v) is 10.4. The minimum absolute atomic E-state index is 0.217. The van der Waals surface area contributed by atoms with Crippen molar-refractivity contribution in [2.45, 2.75) is 26.2 Å². The smallest absolute Gasteiger partial charge is 0.130 e. The molecule has 1 aromatic heterocycles. The lowest BCUT2D eigenvalue weighted by Crippen LogP contribution is -1.99. The molecule has 3 heteroatoms. The second-order valence-electron chi connectivity index (χ2n) is 4.46. The van der Waals surface area contributed by atoms with E-state index in [2.05, 4.69) is 11.9 Å². The molecule has 0 aliphatic rings. The van der Waals surface area contributed by atoms with Crippen molar-refractivity contribution < 1.29 is 9.53 Å². The Kier molecular flexibility index (Phi) is 3.18. The Hall–Kier alpha value is -1.77. The van der Waals surface area contributed by atoms with Gasteiger partial charge in [0.25, 0.3) is 0 Å². The average Bonchev–Trinajstić information content (AvgIpc) is 2.70. The summed E-state index contributed by atoms with van der Waals surface area (Å²) in [5, 5.41) is 1.14. The van der Waals surface area contributed by atoms with Crippen molar-refractivity contribution in [2.24, 2.45) is 0 Å². The topological polar surface area (TPSA) is 42.1 Å². The van der Waals surface area contributed by atoms with Gasteiger partial charge < -0.3 is 14.5 Å². The van der Waals surface area contributed by atoms with Crippen molar-refractivity contribution in [3.8, 4) is 5.75 Å². The molecule has 0 amide bonds. The molecule has 1 unspecified atom stereocenters. The molecule has 0 aliphatic carbocycles. The van der Waals surface area contributed by atoms with Gasteiger partial charge in [-0.3, -0.25) is 0 Å². The van der Waals surface area contributed by atoms with Gasteiger partial charge in [0.2, 0.25) is 0 Å². The van der Waals surface area contributed by atoms with Gasteiger partial charge in [-0.05, 0) is 36.6 Å². The van der Waals surface area contributed by atoms with Crippen molar-refractivity contribution in [1.82, 2.24) is 4.98 Å². The molecule has 0 saturated heterocycles. The Morgan fingerprint density at radius 2 is 2.24 bits per heavy atom. The number of methoxy groups -OCH3 is 1.